The molecule has 0 radical (unpaired) electrons. The van der Waals surface area contributed by atoms with Crippen LogP contribution in [0.4, 0.5) is 0 Å². The normalized spacial score (nSPS) is 13.7. The molecule has 0 aliphatic heterocycles. The Morgan fingerprint density at radius 3 is 2.05 bits per heavy atom. The second kappa shape index (κ2) is 8.37. The first kappa shape index (κ1) is 23.4. The number of para-hydroxylation sites is 2. The van der Waals surface area contributed by atoms with Crippen LogP contribution in [0.15, 0.2) is 127 Å². The van der Waals surface area contributed by atoms with E-state index in [9.17, 15) is 0 Å². The van der Waals surface area contributed by atoms with Gasteiger partial charge in [-0.1, -0.05) is 129 Å². The maximum absolute atomic E-state index is 5.36. The van der Waals surface area contributed by atoms with Crippen molar-refractivity contribution in [3.05, 3.63) is 139 Å². The smallest absolute Gasteiger partial charge is 0.235 e. The van der Waals surface area contributed by atoms with Gasteiger partial charge in [0.25, 0.3) is 0 Å². The molecule has 9 rings (SSSR count). The van der Waals surface area contributed by atoms with Gasteiger partial charge in [0.1, 0.15) is 0 Å². The molecule has 0 saturated carbocycles. The van der Waals surface area contributed by atoms with Gasteiger partial charge in [-0.3, -0.25) is 4.57 Å². The first-order valence-electron chi connectivity index (χ1n) is 14.5. The number of hydrogen-bond acceptors (Lipinski definition) is 2. The largest absolute Gasteiger partial charge is 0.277 e. The third-order valence-electron chi connectivity index (χ3n) is 9.16. The predicted molar refractivity (Wildman–Crippen MR) is 174 cm³/mol. The summed E-state index contributed by atoms with van der Waals surface area (Å²) in [6.07, 6.45) is 0. The molecule has 0 atom stereocenters. The molecule has 2 heterocycles. The molecule has 2 aromatic heterocycles. The van der Waals surface area contributed by atoms with Crippen molar-refractivity contribution in [2.75, 3.05) is 0 Å². The Bertz CT molecular complexity index is 2380. The highest BCUT2D eigenvalue weighted by atomic mass is 15.2. The summed E-state index contributed by atoms with van der Waals surface area (Å²) in [7, 11) is 0. The van der Waals surface area contributed by atoms with Gasteiger partial charge in [0, 0.05) is 32.7 Å². The number of hydrogen-bond donors (Lipinski definition) is 0. The zero-order valence-electron chi connectivity index (χ0n) is 23.5. The molecule has 0 saturated heterocycles. The highest BCUT2D eigenvalue weighted by molar-refractivity contribution is 6.27. The molecule has 1 aliphatic rings. The van der Waals surface area contributed by atoms with Crippen molar-refractivity contribution in [3.8, 4) is 28.3 Å². The number of fused-ring (bicyclic) bond motifs is 11. The van der Waals surface area contributed by atoms with Gasteiger partial charge in [0.05, 0.1) is 22.2 Å². The van der Waals surface area contributed by atoms with Crippen molar-refractivity contribution >= 4 is 43.5 Å². The van der Waals surface area contributed by atoms with Crippen LogP contribution < -0.4 is 0 Å². The average molecular weight is 538 g/mol. The van der Waals surface area contributed by atoms with Gasteiger partial charge in [-0.15, -0.1) is 0 Å². The summed E-state index contributed by atoms with van der Waals surface area (Å²) in [6, 6.07) is 45.4. The van der Waals surface area contributed by atoms with Crippen LogP contribution in [-0.2, 0) is 5.41 Å². The molecule has 6 aromatic carbocycles. The summed E-state index contributed by atoms with van der Waals surface area (Å²) in [6.45, 7) is 4.73. The molecule has 0 N–H and O–H groups in total. The fraction of sp³-hybridized carbons (Fsp3) is 0.0769. The quantitative estimate of drug-likeness (QED) is 0.220. The lowest BCUT2D eigenvalue weighted by Crippen LogP contribution is -2.15. The van der Waals surface area contributed by atoms with E-state index in [2.05, 4.69) is 140 Å². The molecular formula is C39H27N3. The van der Waals surface area contributed by atoms with Crippen molar-refractivity contribution in [3.63, 3.8) is 0 Å². The van der Waals surface area contributed by atoms with E-state index < -0.39 is 0 Å². The number of aromatic nitrogens is 3. The van der Waals surface area contributed by atoms with Crippen LogP contribution in [0.2, 0.25) is 0 Å². The Morgan fingerprint density at radius 1 is 0.571 bits per heavy atom. The van der Waals surface area contributed by atoms with Crippen LogP contribution in [0.5, 0.6) is 0 Å². The van der Waals surface area contributed by atoms with Gasteiger partial charge >= 0.3 is 0 Å². The van der Waals surface area contributed by atoms with E-state index in [1.165, 1.54) is 49.3 Å². The van der Waals surface area contributed by atoms with Crippen LogP contribution in [-0.4, -0.2) is 14.5 Å². The van der Waals surface area contributed by atoms with E-state index in [-0.39, 0.29) is 5.41 Å². The standard InChI is InChI=1S/C39H27N3/c1-39(2)30-21-11-8-18-27(30)34-35(39)26-17-7-6-16-25(26)33-29-20-10-13-23-32(29)42(37(33)34)38-40-31-22-12-9-19-28(31)36(41-38)24-14-4-3-5-15-24/h3-23H,1-2H3. The molecular weight excluding hydrogens is 510 g/mol. The van der Waals surface area contributed by atoms with E-state index >= 15 is 0 Å². The first-order chi connectivity index (χ1) is 20.6. The summed E-state index contributed by atoms with van der Waals surface area (Å²) in [5, 5.41) is 6.10. The molecule has 0 unspecified atom stereocenters. The van der Waals surface area contributed by atoms with E-state index in [0.717, 1.165) is 27.7 Å². The minimum Gasteiger partial charge on any atom is -0.277 e. The minimum absolute atomic E-state index is 0.152. The molecule has 0 fully saturated rings. The van der Waals surface area contributed by atoms with E-state index in [1.807, 2.05) is 6.07 Å². The van der Waals surface area contributed by atoms with E-state index in [0.29, 0.717) is 5.95 Å². The molecule has 1 aliphatic carbocycles. The van der Waals surface area contributed by atoms with Crippen LogP contribution in [0, 0.1) is 0 Å². The first-order valence-corrected chi connectivity index (χ1v) is 14.5. The third-order valence-corrected chi connectivity index (χ3v) is 9.16. The Kier molecular flexibility index (Phi) is 4.67. The van der Waals surface area contributed by atoms with Crippen LogP contribution >= 0.6 is 0 Å². The molecule has 0 spiro atoms. The Morgan fingerprint density at radius 2 is 1.21 bits per heavy atom. The summed E-state index contributed by atoms with van der Waals surface area (Å²) < 4.78 is 2.33. The van der Waals surface area contributed by atoms with Gasteiger partial charge in [0.15, 0.2) is 0 Å². The highest BCUT2D eigenvalue weighted by Gasteiger charge is 2.39. The molecule has 3 nitrogen and oxygen atoms in total. The maximum Gasteiger partial charge on any atom is 0.235 e. The minimum atomic E-state index is -0.152. The van der Waals surface area contributed by atoms with Gasteiger partial charge in [-0.05, 0) is 39.6 Å². The lowest BCUT2D eigenvalue weighted by atomic mass is 9.79. The number of rotatable bonds is 2. The summed E-state index contributed by atoms with van der Waals surface area (Å²) in [5.41, 5.74) is 10.4. The molecule has 8 aromatic rings. The number of benzene rings is 6. The molecule has 0 amide bonds. The molecule has 198 valence electrons. The topological polar surface area (TPSA) is 30.7 Å². The van der Waals surface area contributed by atoms with Crippen LogP contribution in [0.3, 0.4) is 0 Å². The van der Waals surface area contributed by atoms with Crippen molar-refractivity contribution < 1.29 is 0 Å². The Labute approximate surface area is 243 Å². The fourth-order valence-corrected chi connectivity index (χ4v) is 7.40. The lowest BCUT2D eigenvalue weighted by Gasteiger charge is -2.23. The highest BCUT2D eigenvalue weighted by Crippen LogP contribution is 2.56. The lowest BCUT2D eigenvalue weighted by molar-refractivity contribution is 0.666. The van der Waals surface area contributed by atoms with Gasteiger partial charge < -0.3 is 0 Å². The van der Waals surface area contributed by atoms with Crippen LogP contribution in [0.25, 0.3) is 71.8 Å². The Balaban J connectivity index is 1.54. The molecule has 0 bridgehead atoms. The number of nitrogens with zero attached hydrogens (tertiary/aromatic N) is 3. The second-order valence-corrected chi connectivity index (χ2v) is 11.8. The van der Waals surface area contributed by atoms with Gasteiger partial charge in [-0.25, -0.2) is 9.97 Å². The second-order valence-electron chi connectivity index (χ2n) is 11.8. The predicted octanol–water partition coefficient (Wildman–Crippen LogP) is 9.85. The SMILES string of the molecule is CC1(C)c2ccccc2-c2c1c1ccccc1c1c3ccccc3n(-c3nc(-c4ccccc4)c4ccccc4n3)c21. The van der Waals surface area contributed by atoms with Crippen molar-refractivity contribution in [2.45, 2.75) is 19.3 Å². The van der Waals surface area contributed by atoms with Crippen molar-refractivity contribution in [1.29, 1.82) is 0 Å². The van der Waals surface area contributed by atoms with Crippen molar-refractivity contribution in [1.82, 2.24) is 14.5 Å². The maximum atomic E-state index is 5.36. The van der Waals surface area contributed by atoms with E-state index in [1.54, 1.807) is 0 Å². The zero-order chi connectivity index (χ0) is 28.0. The van der Waals surface area contributed by atoms with E-state index in [4.69, 9.17) is 9.97 Å². The zero-order valence-corrected chi connectivity index (χ0v) is 23.5. The average Bonchev–Trinajstić information content (AvgIpc) is 3.51. The summed E-state index contributed by atoms with van der Waals surface area (Å²) in [5.74, 6) is 0.693. The third kappa shape index (κ3) is 3.00. The summed E-state index contributed by atoms with van der Waals surface area (Å²) >= 11 is 0. The summed E-state index contributed by atoms with van der Waals surface area (Å²) in [4.78, 5) is 10.6. The van der Waals surface area contributed by atoms with Gasteiger partial charge in [-0.2, -0.15) is 0 Å². The Hall–Kier alpha value is -5.28. The fourth-order valence-electron chi connectivity index (χ4n) is 7.40. The monoisotopic (exact) mass is 537 g/mol. The molecule has 3 heteroatoms. The van der Waals surface area contributed by atoms with Crippen molar-refractivity contribution in [2.24, 2.45) is 0 Å². The van der Waals surface area contributed by atoms with Crippen LogP contribution in [0.1, 0.15) is 25.0 Å². The molecule has 42 heavy (non-hydrogen) atoms. The van der Waals surface area contributed by atoms with Gasteiger partial charge in [0.2, 0.25) is 5.95 Å².